The number of amides is 1. The SMILES string of the molecule is CCN(CC)C(=O)CCC(O)c1ccc(C)c(C)c1. The molecule has 0 aliphatic heterocycles. The smallest absolute Gasteiger partial charge is 0.222 e. The van der Waals surface area contributed by atoms with Crippen molar-refractivity contribution >= 4 is 5.91 Å². The average Bonchev–Trinajstić information content (AvgIpc) is 2.40. The van der Waals surface area contributed by atoms with E-state index in [4.69, 9.17) is 0 Å². The van der Waals surface area contributed by atoms with Crippen LogP contribution in [0.3, 0.4) is 0 Å². The van der Waals surface area contributed by atoms with Gasteiger partial charge in [-0.1, -0.05) is 18.2 Å². The molecule has 0 bridgehead atoms. The highest BCUT2D eigenvalue weighted by atomic mass is 16.3. The Morgan fingerprint density at radius 2 is 1.84 bits per heavy atom. The number of rotatable bonds is 6. The van der Waals surface area contributed by atoms with Crippen molar-refractivity contribution in [2.75, 3.05) is 13.1 Å². The minimum atomic E-state index is -0.557. The van der Waals surface area contributed by atoms with E-state index in [1.165, 1.54) is 11.1 Å². The van der Waals surface area contributed by atoms with Gasteiger partial charge in [-0.25, -0.2) is 0 Å². The number of aryl methyl sites for hydroxylation is 2. The molecule has 0 spiro atoms. The maximum Gasteiger partial charge on any atom is 0.222 e. The minimum absolute atomic E-state index is 0.118. The highest BCUT2D eigenvalue weighted by Gasteiger charge is 2.14. The second kappa shape index (κ2) is 7.29. The van der Waals surface area contributed by atoms with Crippen molar-refractivity contribution in [3.63, 3.8) is 0 Å². The van der Waals surface area contributed by atoms with Gasteiger partial charge in [0.2, 0.25) is 5.91 Å². The van der Waals surface area contributed by atoms with Gasteiger partial charge in [0, 0.05) is 19.5 Å². The van der Waals surface area contributed by atoms with E-state index in [1.807, 2.05) is 39.0 Å². The molecule has 1 aromatic rings. The van der Waals surface area contributed by atoms with Crippen molar-refractivity contribution in [3.8, 4) is 0 Å². The van der Waals surface area contributed by atoms with Crippen molar-refractivity contribution in [2.45, 2.75) is 46.6 Å². The summed E-state index contributed by atoms with van der Waals surface area (Å²) in [5.41, 5.74) is 3.29. The van der Waals surface area contributed by atoms with Crippen LogP contribution in [-0.2, 0) is 4.79 Å². The van der Waals surface area contributed by atoms with Crippen LogP contribution in [0.5, 0.6) is 0 Å². The zero-order valence-electron chi connectivity index (χ0n) is 12.4. The summed E-state index contributed by atoms with van der Waals surface area (Å²) >= 11 is 0. The van der Waals surface area contributed by atoms with Gasteiger partial charge in [-0.3, -0.25) is 4.79 Å². The predicted octanol–water partition coefficient (Wildman–Crippen LogP) is 2.99. The Morgan fingerprint density at radius 3 is 2.37 bits per heavy atom. The Labute approximate surface area is 116 Å². The van der Waals surface area contributed by atoms with Crippen molar-refractivity contribution < 1.29 is 9.90 Å². The largest absolute Gasteiger partial charge is 0.388 e. The van der Waals surface area contributed by atoms with E-state index in [0.29, 0.717) is 12.8 Å². The van der Waals surface area contributed by atoms with Crippen LogP contribution >= 0.6 is 0 Å². The molecule has 0 aliphatic rings. The summed E-state index contributed by atoms with van der Waals surface area (Å²) < 4.78 is 0. The molecule has 106 valence electrons. The maximum atomic E-state index is 11.9. The van der Waals surface area contributed by atoms with Gasteiger partial charge in [0.1, 0.15) is 0 Å². The molecule has 1 atom stereocenters. The molecule has 3 nitrogen and oxygen atoms in total. The van der Waals surface area contributed by atoms with Crippen molar-refractivity contribution in [1.82, 2.24) is 4.90 Å². The van der Waals surface area contributed by atoms with E-state index in [2.05, 4.69) is 6.92 Å². The molecular formula is C16H25NO2. The number of carbonyl (C=O) groups is 1. The lowest BCUT2D eigenvalue weighted by Gasteiger charge is -2.19. The van der Waals surface area contributed by atoms with Gasteiger partial charge < -0.3 is 10.0 Å². The normalized spacial score (nSPS) is 12.3. The van der Waals surface area contributed by atoms with Gasteiger partial charge in [-0.05, 0) is 50.8 Å². The van der Waals surface area contributed by atoms with Crippen molar-refractivity contribution in [1.29, 1.82) is 0 Å². The standard InChI is InChI=1S/C16H25NO2/c1-5-17(6-2)16(19)10-9-15(18)14-8-7-12(3)13(4)11-14/h7-8,11,15,18H,5-6,9-10H2,1-4H3. The maximum absolute atomic E-state index is 11.9. The molecule has 0 heterocycles. The molecule has 19 heavy (non-hydrogen) atoms. The fourth-order valence-corrected chi connectivity index (χ4v) is 2.13. The Hall–Kier alpha value is -1.35. The molecule has 3 heteroatoms. The third-order valence-corrected chi connectivity index (χ3v) is 3.66. The van der Waals surface area contributed by atoms with Crippen LogP contribution in [0.4, 0.5) is 0 Å². The molecule has 0 radical (unpaired) electrons. The zero-order valence-corrected chi connectivity index (χ0v) is 12.4. The first-order valence-electron chi connectivity index (χ1n) is 7.02. The van der Waals surface area contributed by atoms with Gasteiger partial charge in [0.25, 0.3) is 0 Å². The molecule has 1 N–H and O–H groups in total. The van der Waals surface area contributed by atoms with E-state index in [-0.39, 0.29) is 5.91 Å². The van der Waals surface area contributed by atoms with Crippen LogP contribution in [-0.4, -0.2) is 29.0 Å². The number of hydrogen-bond donors (Lipinski definition) is 1. The highest BCUT2D eigenvalue weighted by molar-refractivity contribution is 5.76. The van der Waals surface area contributed by atoms with Crippen LogP contribution in [0.15, 0.2) is 18.2 Å². The predicted molar refractivity (Wildman–Crippen MR) is 78.0 cm³/mol. The third kappa shape index (κ3) is 4.35. The monoisotopic (exact) mass is 263 g/mol. The van der Waals surface area contributed by atoms with Crippen LogP contribution in [0.1, 0.15) is 49.5 Å². The lowest BCUT2D eigenvalue weighted by Crippen LogP contribution is -2.30. The quantitative estimate of drug-likeness (QED) is 0.857. The first kappa shape index (κ1) is 15.7. The lowest BCUT2D eigenvalue weighted by molar-refractivity contribution is -0.131. The summed E-state index contributed by atoms with van der Waals surface area (Å²) in [4.78, 5) is 13.7. The Bertz CT molecular complexity index is 425. The van der Waals surface area contributed by atoms with E-state index in [1.54, 1.807) is 4.90 Å². The molecule has 0 saturated carbocycles. The highest BCUT2D eigenvalue weighted by Crippen LogP contribution is 2.21. The van der Waals surface area contributed by atoms with Gasteiger partial charge in [-0.2, -0.15) is 0 Å². The molecular weight excluding hydrogens is 238 g/mol. The van der Waals surface area contributed by atoms with Crippen molar-refractivity contribution in [2.24, 2.45) is 0 Å². The molecule has 1 unspecified atom stereocenters. The Balaban J connectivity index is 2.57. The summed E-state index contributed by atoms with van der Waals surface area (Å²) in [7, 11) is 0. The fraction of sp³-hybridized carbons (Fsp3) is 0.562. The summed E-state index contributed by atoms with van der Waals surface area (Å²) in [6.07, 6.45) is 0.326. The molecule has 1 amide bonds. The number of benzene rings is 1. The van der Waals surface area contributed by atoms with Gasteiger partial charge >= 0.3 is 0 Å². The van der Waals surface area contributed by atoms with Crippen LogP contribution in [0.2, 0.25) is 0 Å². The second-order valence-corrected chi connectivity index (χ2v) is 4.96. The number of aliphatic hydroxyl groups is 1. The number of nitrogens with zero attached hydrogens (tertiary/aromatic N) is 1. The first-order valence-corrected chi connectivity index (χ1v) is 7.02. The van der Waals surface area contributed by atoms with Gasteiger partial charge in [0.15, 0.2) is 0 Å². The summed E-state index contributed by atoms with van der Waals surface area (Å²) in [6, 6.07) is 5.96. The molecule has 1 rings (SSSR count). The number of carbonyl (C=O) groups excluding carboxylic acids is 1. The van der Waals surface area contributed by atoms with E-state index in [0.717, 1.165) is 18.7 Å². The number of aliphatic hydroxyl groups excluding tert-OH is 1. The summed E-state index contributed by atoms with van der Waals surface area (Å²) in [5, 5.41) is 10.1. The number of hydrogen-bond acceptors (Lipinski definition) is 2. The van der Waals surface area contributed by atoms with E-state index < -0.39 is 6.10 Å². The lowest BCUT2D eigenvalue weighted by atomic mass is 10.00. The van der Waals surface area contributed by atoms with Crippen LogP contribution in [0, 0.1) is 13.8 Å². The molecule has 0 aliphatic carbocycles. The van der Waals surface area contributed by atoms with Gasteiger partial charge in [0.05, 0.1) is 6.10 Å². The molecule has 1 aromatic carbocycles. The van der Waals surface area contributed by atoms with E-state index in [9.17, 15) is 9.90 Å². The third-order valence-electron chi connectivity index (χ3n) is 3.66. The Morgan fingerprint density at radius 1 is 1.21 bits per heavy atom. The fourth-order valence-electron chi connectivity index (χ4n) is 2.13. The van der Waals surface area contributed by atoms with Gasteiger partial charge in [-0.15, -0.1) is 0 Å². The summed E-state index contributed by atoms with van der Waals surface area (Å²) in [5.74, 6) is 0.118. The first-order chi connectivity index (χ1) is 8.99. The molecule has 0 aromatic heterocycles. The van der Waals surface area contributed by atoms with Crippen LogP contribution < -0.4 is 0 Å². The second-order valence-electron chi connectivity index (χ2n) is 4.96. The minimum Gasteiger partial charge on any atom is -0.388 e. The topological polar surface area (TPSA) is 40.5 Å². The Kier molecular flexibility index (Phi) is 6.03. The zero-order chi connectivity index (χ0) is 14.4. The van der Waals surface area contributed by atoms with E-state index >= 15 is 0 Å². The van der Waals surface area contributed by atoms with Crippen molar-refractivity contribution in [3.05, 3.63) is 34.9 Å². The molecule has 0 fully saturated rings. The molecule has 0 saturated heterocycles. The van der Waals surface area contributed by atoms with Crippen LogP contribution in [0.25, 0.3) is 0 Å². The average molecular weight is 263 g/mol. The summed E-state index contributed by atoms with van der Waals surface area (Å²) in [6.45, 7) is 9.49.